The van der Waals surface area contributed by atoms with E-state index in [0.717, 1.165) is 16.9 Å². The zero-order chi connectivity index (χ0) is 18.7. The number of carbonyl (C=O) groups is 2. The molecule has 1 heterocycles. The van der Waals surface area contributed by atoms with Crippen molar-refractivity contribution in [2.45, 2.75) is 12.8 Å². The van der Waals surface area contributed by atoms with Crippen molar-refractivity contribution in [3.63, 3.8) is 0 Å². The van der Waals surface area contributed by atoms with Gasteiger partial charge >= 0.3 is 5.97 Å². The summed E-state index contributed by atoms with van der Waals surface area (Å²) in [5.41, 5.74) is 9.26. The van der Waals surface area contributed by atoms with E-state index in [0.29, 0.717) is 24.1 Å². The molecule has 5 N–H and O–H groups in total. The van der Waals surface area contributed by atoms with Crippen LogP contribution in [0.2, 0.25) is 0 Å². The van der Waals surface area contributed by atoms with Crippen LogP contribution in [0.4, 0.5) is 11.4 Å². The fourth-order valence-corrected chi connectivity index (χ4v) is 2.94. The van der Waals surface area contributed by atoms with E-state index in [1.165, 1.54) is 0 Å². The first kappa shape index (κ1) is 17.5. The predicted octanol–water partition coefficient (Wildman–Crippen LogP) is 2.19. The number of nitrogens with zero attached hydrogens (tertiary/aromatic N) is 1. The molecule has 0 aliphatic carbocycles. The maximum Gasteiger partial charge on any atom is 0.305 e. The Bertz CT molecular complexity index is 862. The van der Waals surface area contributed by atoms with Gasteiger partial charge in [-0.15, -0.1) is 0 Å². The Kier molecular flexibility index (Phi) is 4.88. The Balaban J connectivity index is 1.76. The average Bonchev–Trinajstić information content (AvgIpc) is 2.62. The van der Waals surface area contributed by atoms with Gasteiger partial charge in [0.25, 0.3) is 5.91 Å². The van der Waals surface area contributed by atoms with Crippen LogP contribution in [0.15, 0.2) is 42.5 Å². The van der Waals surface area contributed by atoms with Crippen LogP contribution in [0, 0.1) is 5.41 Å². The van der Waals surface area contributed by atoms with Gasteiger partial charge in [-0.25, -0.2) is 0 Å². The first-order valence-electron chi connectivity index (χ1n) is 8.29. The maximum atomic E-state index is 12.6. The average molecular weight is 352 g/mol. The quantitative estimate of drug-likeness (QED) is 0.469. The number of nitrogen functional groups attached to an aromatic ring is 1. The summed E-state index contributed by atoms with van der Waals surface area (Å²) >= 11 is 0. The number of carboxylic acids is 1. The second kappa shape index (κ2) is 7.26. The molecule has 1 amide bonds. The van der Waals surface area contributed by atoms with Gasteiger partial charge in [0.05, 0.1) is 6.42 Å². The minimum Gasteiger partial charge on any atom is -0.481 e. The Morgan fingerprint density at radius 2 is 1.88 bits per heavy atom. The van der Waals surface area contributed by atoms with Crippen molar-refractivity contribution in [2.75, 3.05) is 18.4 Å². The molecule has 7 nitrogen and oxygen atoms in total. The van der Waals surface area contributed by atoms with Gasteiger partial charge in [-0.3, -0.25) is 15.0 Å². The van der Waals surface area contributed by atoms with Crippen molar-refractivity contribution in [1.82, 2.24) is 4.90 Å². The number of hydrogen-bond acceptors (Lipinski definition) is 4. The molecular formula is C19H20N4O3. The molecule has 2 aromatic carbocycles. The molecule has 0 atom stereocenters. The molecule has 0 saturated heterocycles. The monoisotopic (exact) mass is 352 g/mol. The summed E-state index contributed by atoms with van der Waals surface area (Å²) in [4.78, 5) is 25.0. The fraction of sp³-hybridized carbons (Fsp3) is 0.211. The Hall–Kier alpha value is -3.35. The van der Waals surface area contributed by atoms with Crippen LogP contribution in [0.1, 0.15) is 27.9 Å². The van der Waals surface area contributed by atoms with Gasteiger partial charge in [-0.1, -0.05) is 6.07 Å². The molecule has 26 heavy (non-hydrogen) atoms. The number of nitrogens with one attached hydrogen (secondary N) is 2. The van der Waals surface area contributed by atoms with Crippen LogP contribution < -0.4 is 11.1 Å². The van der Waals surface area contributed by atoms with E-state index in [-0.39, 0.29) is 24.7 Å². The SMILES string of the molecule is N=C(N)c1ccc(Nc2ccc3c(c2)C(=O)N(CCC(=O)O)CC3)cc1. The van der Waals surface area contributed by atoms with E-state index in [1.807, 2.05) is 24.3 Å². The van der Waals surface area contributed by atoms with Gasteiger partial charge in [0.15, 0.2) is 0 Å². The normalized spacial score (nSPS) is 13.2. The number of hydrogen-bond donors (Lipinski definition) is 4. The number of amides is 1. The van der Waals surface area contributed by atoms with Crippen molar-refractivity contribution in [3.05, 3.63) is 59.2 Å². The van der Waals surface area contributed by atoms with Crippen LogP contribution in [0.25, 0.3) is 0 Å². The van der Waals surface area contributed by atoms with E-state index < -0.39 is 5.97 Å². The molecule has 1 aliphatic rings. The highest BCUT2D eigenvalue weighted by atomic mass is 16.4. The molecule has 0 saturated carbocycles. The maximum absolute atomic E-state index is 12.6. The molecule has 0 radical (unpaired) electrons. The standard InChI is InChI=1S/C19H20N4O3/c20-18(21)13-2-4-14(5-3-13)22-15-6-1-12-7-9-23(10-8-17(24)25)19(26)16(12)11-15/h1-6,11,22H,7-10H2,(H3,20,21)(H,24,25). The Morgan fingerprint density at radius 3 is 2.54 bits per heavy atom. The van der Waals surface area contributed by atoms with Crippen LogP contribution in [-0.2, 0) is 11.2 Å². The molecular weight excluding hydrogens is 332 g/mol. The molecule has 2 aromatic rings. The van der Waals surface area contributed by atoms with Crippen molar-refractivity contribution < 1.29 is 14.7 Å². The van der Waals surface area contributed by atoms with Crippen molar-refractivity contribution >= 4 is 29.1 Å². The van der Waals surface area contributed by atoms with Crippen LogP contribution >= 0.6 is 0 Å². The number of nitrogens with two attached hydrogens (primary N) is 1. The number of fused-ring (bicyclic) bond motifs is 1. The van der Waals surface area contributed by atoms with E-state index in [1.54, 1.807) is 23.1 Å². The van der Waals surface area contributed by atoms with Gasteiger partial charge < -0.3 is 21.1 Å². The number of rotatable bonds is 6. The lowest BCUT2D eigenvalue weighted by Crippen LogP contribution is -2.38. The van der Waals surface area contributed by atoms with Gasteiger partial charge in [0, 0.05) is 35.6 Å². The van der Waals surface area contributed by atoms with Crippen molar-refractivity contribution in [1.29, 1.82) is 5.41 Å². The lowest BCUT2D eigenvalue weighted by Gasteiger charge is -2.28. The molecule has 0 unspecified atom stereocenters. The number of carbonyl (C=O) groups excluding carboxylic acids is 1. The predicted molar refractivity (Wildman–Crippen MR) is 99.0 cm³/mol. The first-order valence-corrected chi connectivity index (χ1v) is 8.29. The third-order valence-corrected chi connectivity index (χ3v) is 4.36. The summed E-state index contributed by atoms with van der Waals surface area (Å²) in [5.74, 6) is -1.03. The van der Waals surface area contributed by atoms with Gasteiger partial charge in [0.2, 0.25) is 0 Å². The molecule has 0 bridgehead atoms. The van der Waals surface area contributed by atoms with Gasteiger partial charge in [0.1, 0.15) is 5.84 Å². The number of aliphatic carboxylic acids is 1. The summed E-state index contributed by atoms with van der Waals surface area (Å²) in [5, 5.41) is 19.5. The third-order valence-electron chi connectivity index (χ3n) is 4.36. The van der Waals surface area contributed by atoms with E-state index in [2.05, 4.69) is 5.32 Å². The highest BCUT2D eigenvalue weighted by Crippen LogP contribution is 2.25. The molecule has 1 aliphatic heterocycles. The van der Waals surface area contributed by atoms with Crippen molar-refractivity contribution in [2.24, 2.45) is 5.73 Å². The van der Waals surface area contributed by atoms with Crippen LogP contribution in [0.5, 0.6) is 0 Å². The largest absolute Gasteiger partial charge is 0.481 e. The summed E-state index contributed by atoms with van der Waals surface area (Å²) in [6.07, 6.45) is 0.662. The lowest BCUT2D eigenvalue weighted by atomic mass is 9.98. The van der Waals surface area contributed by atoms with E-state index in [4.69, 9.17) is 16.2 Å². The topological polar surface area (TPSA) is 120 Å². The highest BCUT2D eigenvalue weighted by molar-refractivity contribution is 5.98. The lowest BCUT2D eigenvalue weighted by molar-refractivity contribution is -0.137. The minimum absolute atomic E-state index is 0.0115. The molecule has 0 spiro atoms. The summed E-state index contributed by atoms with van der Waals surface area (Å²) in [7, 11) is 0. The zero-order valence-electron chi connectivity index (χ0n) is 14.2. The third kappa shape index (κ3) is 3.83. The highest BCUT2D eigenvalue weighted by Gasteiger charge is 2.24. The number of benzene rings is 2. The molecule has 134 valence electrons. The fourth-order valence-electron chi connectivity index (χ4n) is 2.94. The van der Waals surface area contributed by atoms with Gasteiger partial charge in [-0.05, 0) is 48.4 Å². The number of amidine groups is 1. The van der Waals surface area contributed by atoms with Crippen molar-refractivity contribution in [3.8, 4) is 0 Å². The Labute approximate surface area is 150 Å². The van der Waals surface area contributed by atoms with E-state index >= 15 is 0 Å². The minimum atomic E-state index is -0.909. The first-order chi connectivity index (χ1) is 12.4. The summed E-state index contributed by atoms with van der Waals surface area (Å²) < 4.78 is 0. The smallest absolute Gasteiger partial charge is 0.305 e. The molecule has 0 fully saturated rings. The second-order valence-corrected chi connectivity index (χ2v) is 6.17. The number of carboxylic acid groups (broad SMARTS) is 1. The Morgan fingerprint density at radius 1 is 1.19 bits per heavy atom. The second-order valence-electron chi connectivity index (χ2n) is 6.17. The molecule has 0 aromatic heterocycles. The number of anilines is 2. The van der Waals surface area contributed by atoms with E-state index in [9.17, 15) is 9.59 Å². The summed E-state index contributed by atoms with van der Waals surface area (Å²) in [6.45, 7) is 0.760. The zero-order valence-corrected chi connectivity index (χ0v) is 14.2. The molecule has 3 rings (SSSR count). The summed E-state index contributed by atoms with van der Waals surface area (Å²) in [6, 6.07) is 12.8. The van der Waals surface area contributed by atoms with Gasteiger partial charge in [-0.2, -0.15) is 0 Å². The van der Waals surface area contributed by atoms with Crippen LogP contribution in [0.3, 0.4) is 0 Å². The van der Waals surface area contributed by atoms with Crippen LogP contribution in [-0.4, -0.2) is 40.8 Å². The molecule has 7 heteroatoms.